The van der Waals surface area contributed by atoms with Crippen LogP contribution in [0, 0.1) is 11.8 Å². The van der Waals surface area contributed by atoms with Crippen LogP contribution < -0.4 is 59.7 Å². The van der Waals surface area contributed by atoms with Crippen molar-refractivity contribution in [1.29, 1.82) is 0 Å². The Morgan fingerprint density at radius 3 is 1.69 bits per heavy atom. The molecule has 0 saturated carbocycles. The molecule has 3 rings (SSSR count). The number of rotatable bonds is 33. The fourth-order valence-corrected chi connectivity index (χ4v) is 7.63. The van der Waals surface area contributed by atoms with Gasteiger partial charge in [0.1, 0.15) is 48.3 Å². The first kappa shape index (κ1) is 62.8. The number of carbonyl (C=O) groups excluding carboxylic acids is 10. The van der Waals surface area contributed by atoms with E-state index in [4.69, 9.17) is 17.2 Å². The van der Waals surface area contributed by atoms with Gasteiger partial charge < -0.3 is 85.0 Å². The molecule has 0 radical (unpaired) electrons. The first-order valence-corrected chi connectivity index (χ1v) is 24.6. The number of fused-ring (bicyclic) bond motifs is 1. The van der Waals surface area contributed by atoms with E-state index in [1.165, 1.54) is 32.6 Å². The van der Waals surface area contributed by atoms with Crippen LogP contribution in [0.3, 0.4) is 0 Å². The van der Waals surface area contributed by atoms with E-state index in [0.717, 1.165) is 0 Å². The number of aliphatic hydroxyl groups excluding tert-OH is 1. The monoisotopic (exact) mass is 1080 g/mol. The van der Waals surface area contributed by atoms with Crippen molar-refractivity contribution in [3.05, 3.63) is 54.2 Å². The maximum atomic E-state index is 14.2. The number of benzene rings is 1. The minimum atomic E-state index is -1.96. The second kappa shape index (κ2) is 30.2. The third kappa shape index (κ3) is 19.6. The first-order chi connectivity index (χ1) is 36.3. The molecule has 1 aromatic carbocycles. The van der Waals surface area contributed by atoms with E-state index < -0.39 is 157 Å². The maximum Gasteiger partial charge on any atom is 0.326 e. The Labute approximate surface area is 441 Å². The lowest BCUT2D eigenvalue weighted by atomic mass is 9.96. The highest BCUT2D eigenvalue weighted by molar-refractivity contribution is 6.00. The van der Waals surface area contributed by atoms with Crippen LogP contribution in [0.2, 0.25) is 0 Å². The highest BCUT2D eigenvalue weighted by atomic mass is 16.4. The van der Waals surface area contributed by atoms with Gasteiger partial charge in [-0.15, -0.1) is 0 Å². The third-order valence-electron chi connectivity index (χ3n) is 12.6. The van der Waals surface area contributed by atoms with E-state index in [1.54, 1.807) is 45.0 Å². The lowest BCUT2D eigenvalue weighted by Crippen LogP contribution is -2.62. The van der Waals surface area contributed by atoms with Crippen LogP contribution in [0.1, 0.15) is 84.4 Å². The van der Waals surface area contributed by atoms with Crippen molar-refractivity contribution in [1.82, 2.24) is 57.5 Å². The van der Waals surface area contributed by atoms with Crippen molar-refractivity contribution >= 4 is 81.9 Å². The van der Waals surface area contributed by atoms with Gasteiger partial charge >= 0.3 is 11.9 Å². The molecule has 0 bridgehead atoms. The molecule has 2 aromatic heterocycles. The Balaban J connectivity index is 1.90. The molecule has 0 unspecified atom stereocenters. The van der Waals surface area contributed by atoms with Gasteiger partial charge in [-0.3, -0.25) is 52.7 Å². The minimum absolute atomic E-state index is 0.168. The summed E-state index contributed by atoms with van der Waals surface area (Å²) < 4.78 is 0. The van der Waals surface area contributed by atoms with E-state index in [-0.39, 0.29) is 32.1 Å². The largest absolute Gasteiger partial charge is 0.481 e. The second-order valence-corrected chi connectivity index (χ2v) is 18.5. The van der Waals surface area contributed by atoms with Crippen LogP contribution in [-0.4, -0.2) is 162 Å². The fraction of sp³-hybridized carbons (Fsp3) is 0.521. The van der Waals surface area contributed by atoms with Crippen LogP contribution in [-0.2, 0) is 70.4 Å². The second-order valence-electron chi connectivity index (χ2n) is 18.5. The molecule has 0 saturated heterocycles. The van der Waals surface area contributed by atoms with Gasteiger partial charge in [-0.05, 0) is 36.8 Å². The molecule has 10 amide bonds. The van der Waals surface area contributed by atoms with E-state index in [9.17, 15) is 72.9 Å². The van der Waals surface area contributed by atoms with Gasteiger partial charge in [0.15, 0.2) is 0 Å². The predicted molar refractivity (Wildman–Crippen MR) is 272 cm³/mol. The summed E-state index contributed by atoms with van der Waals surface area (Å²) in [5.41, 5.74) is 17.9. The summed E-state index contributed by atoms with van der Waals surface area (Å²) in [6.07, 6.45) is 1.74. The Hall–Kier alpha value is -8.47. The summed E-state index contributed by atoms with van der Waals surface area (Å²) in [5, 5.41) is 49.3. The zero-order valence-corrected chi connectivity index (χ0v) is 43.2. The predicted octanol–water partition coefficient (Wildman–Crippen LogP) is -4.31. The maximum absolute atomic E-state index is 14.2. The first-order valence-electron chi connectivity index (χ1n) is 24.6. The summed E-state index contributed by atoms with van der Waals surface area (Å²) in [4.78, 5) is 167. The molecule has 0 aliphatic heterocycles. The lowest BCUT2D eigenvalue weighted by molar-refractivity contribution is -0.143. The zero-order valence-electron chi connectivity index (χ0n) is 43.2. The van der Waals surface area contributed by atoms with Crippen molar-refractivity contribution in [3.63, 3.8) is 0 Å². The number of hydrogen-bond acceptors (Lipinski definition) is 15. The zero-order chi connectivity index (χ0) is 57.7. The molecule has 0 fully saturated rings. The number of carboxylic acids is 2. The molecule has 3 aromatic rings. The Bertz CT molecular complexity index is 2590. The molecule has 0 spiro atoms. The molecule has 29 heteroatoms. The number of H-pyrrole nitrogens is 2. The number of hydrogen-bond donors (Lipinski definition) is 16. The number of nitrogens with one attached hydrogen (secondary N) is 10. The number of amides is 10. The summed E-state index contributed by atoms with van der Waals surface area (Å²) in [6.45, 7) is 6.76. The van der Waals surface area contributed by atoms with Gasteiger partial charge in [-0.2, -0.15) is 0 Å². The molecular formula is C48H70N14O15. The van der Waals surface area contributed by atoms with Crippen molar-refractivity contribution in [2.75, 3.05) is 6.61 Å². The topological polar surface area (TPSA) is 484 Å². The molecular weight excluding hydrogens is 1010 g/mol. The highest BCUT2D eigenvalue weighted by Crippen LogP contribution is 2.20. The molecule has 11 atom stereocenters. The Morgan fingerprint density at radius 1 is 0.597 bits per heavy atom. The quantitative estimate of drug-likeness (QED) is 0.0274. The number of aromatic amines is 2. The van der Waals surface area contributed by atoms with Crippen molar-refractivity contribution in [2.24, 2.45) is 29.0 Å². The van der Waals surface area contributed by atoms with E-state index in [2.05, 4.69) is 57.5 Å². The average molecular weight is 1080 g/mol. The molecule has 19 N–H and O–H groups in total. The van der Waals surface area contributed by atoms with E-state index >= 15 is 0 Å². The van der Waals surface area contributed by atoms with Gasteiger partial charge in [0.05, 0.1) is 31.8 Å². The van der Waals surface area contributed by atoms with Crippen LogP contribution in [0.4, 0.5) is 0 Å². The van der Waals surface area contributed by atoms with Crippen molar-refractivity contribution < 1.29 is 72.9 Å². The fourth-order valence-electron chi connectivity index (χ4n) is 7.63. The number of aromatic nitrogens is 3. The van der Waals surface area contributed by atoms with Crippen LogP contribution in [0.25, 0.3) is 10.9 Å². The number of nitrogens with zero attached hydrogens (tertiary/aromatic N) is 1. The number of primary amides is 2. The van der Waals surface area contributed by atoms with Crippen LogP contribution >= 0.6 is 0 Å². The molecule has 77 heavy (non-hydrogen) atoms. The van der Waals surface area contributed by atoms with Gasteiger partial charge in [0, 0.05) is 48.3 Å². The molecule has 0 aliphatic rings. The molecule has 422 valence electrons. The smallest absolute Gasteiger partial charge is 0.326 e. The van der Waals surface area contributed by atoms with Gasteiger partial charge in [-0.1, -0.05) is 58.7 Å². The number of aliphatic carboxylic acids is 2. The van der Waals surface area contributed by atoms with Gasteiger partial charge in [0.25, 0.3) is 0 Å². The summed E-state index contributed by atoms with van der Waals surface area (Å²) in [7, 11) is 0. The number of nitrogens with two attached hydrogens (primary N) is 3. The standard InChI is InChI=1S/C48H70N14O15/c1-6-22(3)38(47(75)59-32(16-36(51)65)44(72)57-31(15-26-19-52-21-54-26)42(70)55-24(5)40(68)62-39(48(76)77)23(4)7-2)61-45(73)33(17-37(66)67)58-43(71)30(14-25-18-53-29-11-9-8-10-27(25)29)56-46(74)34(20-63)60-41(69)28(49)12-13-35(50)64/h8-11,18-19,21-24,28,30-34,38-39,53,63H,6-7,12-17,20,49H2,1-5H3,(H2,50,64)(H2,51,65)(H,52,54)(H,55,70)(H,56,74)(H,57,72)(H,58,71)(H,59,75)(H,60,69)(H,61,73)(H,62,68)(H,66,67)(H,76,77)/t22-,23-,24-,28-,30-,31-,32-,33-,34-,38-,39-/m0/s1. The van der Waals surface area contributed by atoms with Crippen LogP contribution in [0.5, 0.6) is 0 Å². The summed E-state index contributed by atoms with van der Waals surface area (Å²) in [5.74, 6) is -14.5. The molecule has 2 heterocycles. The van der Waals surface area contributed by atoms with Crippen molar-refractivity contribution in [3.8, 4) is 0 Å². The number of imidazole rings is 1. The van der Waals surface area contributed by atoms with E-state index in [0.29, 0.717) is 28.6 Å². The minimum Gasteiger partial charge on any atom is -0.481 e. The average Bonchev–Trinajstić information content (AvgIpc) is 4.06. The summed E-state index contributed by atoms with van der Waals surface area (Å²) >= 11 is 0. The van der Waals surface area contributed by atoms with E-state index in [1.807, 2.05) is 0 Å². The molecule has 29 nitrogen and oxygen atoms in total. The van der Waals surface area contributed by atoms with Gasteiger partial charge in [0.2, 0.25) is 59.1 Å². The SMILES string of the molecule is CC[C@H](C)[C@H](NC(=O)[C@H](C)NC(=O)[C@H](Cc1cnc[nH]1)NC(=O)[C@H](CC(N)=O)NC(=O)[C@@H](NC(=O)[C@H](CC(=O)O)NC(=O)[C@H](Cc1c[nH]c2ccccc12)NC(=O)[C@H](CO)NC(=O)[C@@H](N)CCC(N)=O)[C@@H](C)CC)C(=O)O. The third-order valence-corrected chi connectivity index (χ3v) is 12.6. The summed E-state index contributed by atoms with van der Waals surface area (Å²) in [6, 6.07) is -7.34. The number of para-hydroxylation sites is 1. The lowest BCUT2D eigenvalue weighted by Gasteiger charge is -2.29. The number of carboxylic acid groups (broad SMARTS) is 2. The number of carbonyl (C=O) groups is 12. The highest BCUT2D eigenvalue weighted by Gasteiger charge is 2.37. The number of aliphatic hydroxyl groups is 1. The Morgan fingerprint density at radius 2 is 1.12 bits per heavy atom. The van der Waals surface area contributed by atoms with Gasteiger partial charge in [-0.25, -0.2) is 9.78 Å². The Kier molecular flexibility index (Phi) is 24.6. The normalized spacial score (nSPS) is 15.4. The van der Waals surface area contributed by atoms with Crippen molar-refractivity contribution in [2.45, 2.75) is 140 Å². The molecule has 0 aliphatic carbocycles. The van der Waals surface area contributed by atoms with Crippen LogP contribution in [0.15, 0.2) is 43.0 Å².